The molecule has 0 unspecified atom stereocenters. The Kier molecular flexibility index (Phi) is 5.89. The number of hydrogen-bond donors (Lipinski definition) is 1. The molecule has 3 aromatic rings. The number of benzene rings is 2. The Balaban J connectivity index is 1.71. The number of carbonyl (C=O) groups is 2. The predicted molar refractivity (Wildman–Crippen MR) is 127 cm³/mol. The summed E-state index contributed by atoms with van der Waals surface area (Å²) in [5.41, 5.74) is 2.41. The van der Waals surface area contributed by atoms with Gasteiger partial charge in [0, 0.05) is 10.4 Å². The summed E-state index contributed by atoms with van der Waals surface area (Å²) in [6, 6.07) is 13.5. The molecule has 0 saturated heterocycles. The molecule has 0 aliphatic heterocycles. The van der Waals surface area contributed by atoms with Gasteiger partial charge < -0.3 is 10.1 Å². The number of ether oxygens (including phenoxy) is 1. The number of nitrogens with one attached hydrogen (secondary N) is 1. The quantitative estimate of drug-likeness (QED) is 0.477. The lowest BCUT2D eigenvalue weighted by atomic mass is 9.72. The topological polar surface area (TPSA) is 55.4 Å². The van der Waals surface area contributed by atoms with Crippen molar-refractivity contribution in [2.24, 2.45) is 11.3 Å². The van der Waals surface area contributed by atoms with E-state index in [-0.39, 0.29) is 17.3 Å². The Hall–Kier alpha value is -2.66. The second kappa shape index (κ2) is 8.46. The van der Waals surface area contributed by atoms with Crippen molar-refractivity contribution in [2.75, 3.05) is 11.9 Å². The van der Waals surface area contributed by atoms with Gasteiger partial charge in [-0.1, -0.05) is 57.2 Å². The summed E-state index contributed by atoms with van der Waals surface area (Å²) in [6.45, 7) is 8.93. The maximum absolute atomic E-state index is 13.2. The molecule has 1 aromatic heterocycles. The highest BCUT2D eigenvalue weighted by molar-refractivity contribution is 7.17. The van der Waals surface area contributed by atoms with Crippen LogP contribution in [-0.2, 0) is 17.6 Å². The molecular formula is C26H29NO3S. The highest BCUT2D eigenvalue weighted by Gasteiger charge is 2.34. The van der Waals surface area contributed by atoms with E-state index in [0.29, 0.717) is 28.7 Å². The van der Waals surface area contributed by atoms with Crippen molar-refractivity contribution < 1.29 is 14.3 Å². The summed E-state index contributed by atoms with van der Waals surface area (Å²) < 4.78 is 5.36. The van der Waals surface area contributed by atoms with Gasteiger partial charge in [-0.2, -0.15) is 0 Å². The van der Waals surface area contributed by atoms with Gasteiger partial charge in [0.2, 0.25) is 0 Å². The number of carbonyl (C=O) groups excluding carboxylic acids is 2. The van der Waals surface area contributed by atoms with E-state index in [1.807, 2.05) is 42.5 Å². The van der Waals surface area contributed by atoms with E-state index in [1.165, 1.54) is 16.2 Å². The minimum atomic E-state index is -0.345. The molecule has 0 bridgehead atoms. The van der Waals surface area contributed by atoms with Gasteiger partial charge in [0.05, 0.1) is 12.2 Å². The lowest BCUT2D eigenvalue weighted by Crippen LogP contribution is -2.26. The average Bonchev–Trinajstić information content (AvgIpc) is 3.09. The van der Waals surface area contributed by atoms with E-state index in [9.17, 15) is 9.59 Å². The van der Waals surface area contributed by atoms with Gasteiger partial charge >= 0.3 is 5.97 Å². The van der Waals surface area contributed by atoms with Crippen LogP contribution in [0.4, 0.5) is 5.00 Å². The van der Waals surface area contributed by atoms with Crippen molar-refractivity contribution in [3.8, 4) is 0 Å². The molecule has 5 heteroatoms. The third-order valence-corrected chi connectivity index (χ3v) is 7.40. The van der Waals surface area contributed by atoms with E-state index in [1.54, 1.807) is 6.92 Å². The summed E-state index contributed by atoms with van der Waals surface area (Å²) in [5.74, 6) is 0.00561. The molecule has 1 atom stereocenters. The molecule has 0 fully saturated rings. The largest absolute Gasteiger partial charge is 0.462 e. The van der Waals surface area contributed by atoms with Crippen LogP contribution in [0.25, 0.3) is 10.8 Å². The zero-order valence-electron chi connectivity index (χ0n) is 18.6. The highest BCUT2D eigenvalue weighted by Crippen LogP contribution is 2.44. The van der Waals surface area contributed by atoms with Crippen molar-refractivity contribution in [3.63, 3.8) is 0 Å². The zero-order valence-corrected chi connectivity index (χ0v) is 19.4. The average molecular weight is 436 g/mol. The molecule has 4 rings (SSSR count). The van der Waals surface area contributed by atoms with Crippen molar-refractivity contribution in [1.29, 1.82) is 0 Å². The molecule has 0 radical (unpaired) electrons. The standard InChI is InChI=1S/C26H29NO3S/c1-5-30-25(29)22-20-14-13-17(26(2,3)4)15-21(20)31-24(22)27-23(28)19-12-8-10-16-9-6-7-11-18(16)19/h6-12,17H,5,13-15H2,1-4H3,(H,27,28)/t17-/m0/s1. The minimum absolute atomic E-state index is 0.201. The first kappa shape index (κ1) is 21.6. The van der Waals surface area contributed by atoms with Gasteiger partial charge in [-0.15, -0.1) is 11.3 Å². The Bertz CT molecular complexity index is 1130. The number of thiophene rings is 1. The van der Waals surface area contributed by atoms with Crippen molar-refractivity contribution in [2.45, 2.75) is 47.0 Å². The molecule has 1 amide bonds. The van der Waals surface area contributed by atoms with Crippen molar-refractivity contribution >= 4 is 39.0 Å². The number of esters is 1. The first-order valence-corrected chi connectivity index (χ1v) is 11.7. The van der Waals surface area contributed by atoms with Gasteiger partial charge in [-0.05, 0) is 59.9 Å². The Morgan fingerprint density at radius 3 is 2.61 bits per heavy atom. The molecule has 1 N–H and O–H groups in total. The normalized spacial score (nSPS) is 16.1. The van der Waals surface area contributed by atoms with Gasteiger partial charge in [0.15, 0.2) is 0 Å². The molecule has 31 heavy (non-hydrogen) atoms. The molecule has 0 spiro atoms. The van der Waals surface area contributed by atoms with Crippen LogP contribution >= 0.6 is 11.3 Å². The van der Waals surface area contributed by atoms with Crippen LogP contribution in [-0.4, -0.2) is 18.5 Å². The van der Waals surface area contributed by atoms with Gasteiger partial charge in [-0.3, -0.25) is 4.79 Å². The fourth-order valence-electron chi connectivity index (χ4n) is 4.43. The van der Waals surface area contributed by atoms with E-state index < -0.39 is 0 Å². The van der Waals surface area contributed by atoms with Crippen molar-refractivity contribution in [3.05, 3.63) is 64.0 Å². The second-order valence-corrected chi connectivity index (χ2v) is 10.3. The number of rotatable bonds is 4. The van der Waals surface area contributed by atoms with Crippen LogP contribution in [0.1, 0.15) is 65.3 Å². The van der Waals surface area contributed by atoms with Crippen LogP contribution in [0.15, 0.2) is 42.5 Å². The molecular weight excluding hydrogens is 406 g/mol. The molecule has 162 valence electrons. The molecule has 1 aliphatic carbocycles. The highest BCUT2D eigenvalue weighted by atomic mass is 32.1. The van der Waals surface area contributed by atoms with Crippen LogP contribution in [0.2, 0.25) is 0 Å². The Labute approximate surface area is 187 Å². The SMILES string of the molecule is CCOC(=O)c1c(NC(=O)c2cccc3ccccc23)sc2c1CC[C@H](C(C)(C)C)C2. The van der Waals surface area contributed by atoms with Gasteiger partial charge in [0.25, 0.3) is 5.91 Å². The van der Waals surface area contributed by atoms with Crippen LogP contribution in [0.5, 0.6) is 0 Å². The second-order valence-electron chi connectivity index (χ2n) is 9.21. The first-order valence-electron chi connectivity index (χ1n) is 10.9. The lowest BCUT2D eigenvalue weighted by Gasteiger charge is -2.33. The van der Waals surface area contributed by atoms with Crippen LogP contribution < -0.4 is 5.32 Å². The molecule has 1 aliphatic rings. The maximum atomic E-state index is 13.2. The molecule has 0 saturated carbocycles. The third kappa shape index (κ3) is 4.24. The monoisotopic (exact) mass is 435 g/mol. The lowest BCUT2D eigenvalue weighted by molar-refractivity contribution is 0.0526. The Morgan fingerprint density at radius 1 is 1.13 bits per heavy atom. The zero-order chi connectivity index (χ0) is 22.2. The fourth-order valence-corrected chi connectivity index (χ4v) is 5.74. The van der Waals surface area contributed by atoms with E-state index in [4.69, 9.17) is 4.74 Å². The summed E-state index contributed by atoms with van der Waals surface area (Å²) >= 11 is 1.53. The van der Waals surface area contributed by atoms with Crippen molar-refractivity contribution in [1.82, 2.24) is 0 Å². The number of amides is 1. The van der Waals surface area contributed by atoms with Crippen LogP contribution in [0.3, 0.4) is 0 Å². The first-order chi connectivity index (χ1) is 14.8. The minimum Gasteiger partial charge on any atom is -0.462 e. The Morgan fingerprint density at radius 2 is 1.87 bits per heavy atom. The summed E-state index contributed by atoms with van der Waals surface area (Å²) in [7, 11) is 0. The number of anilines is 1. The van der Waals surface area contributed by atoms with Gasteiger partial charge in [0.1, 0.15) is 5.00 Å². The summed E-state index contributed by atoms with van der Waals surface area (Å²) in [5, 5.41) is 5.57. The summed E-state index contributed by atoms with van der Waals surface area (Å²) in [6.07, 6.45) is 2.81. The molecule has 1 heterocycles. The van der Waals surface area contributed by atoms with E-state index in [0.717, 1.165) is 35.6 Å². The number of hydrogen-bond acceptors (Lipinski definition) is 4. The van der Waals surface area contributed by atoms with E-state index >= 15 is 0 Å². The third-order valence-electron chi connectivity index (χ3n) is 6.23. The number of fused-ring (bicyclic) bond motifs is 2. The smallest absolute Gasteiger partial charge is 0.341 e. The van der Waals surface area contributed by atoms with Crippen LogP contribution in [0, 0.1) is 11.3 Å². The van der Waals surface area contributed by atoms with E-state index in [2.05, 4.69) is 26.1 Å². The molecule has 2 aromatic carbocycles. The van der Waals surface area contributed by atoms with Gasteiger partial charge in [-0.25, -0.2) is 4.79 Å². The predicted octanol–water partition coefficient (Wildman–Crippen LogP) is 6.48. The maximum Gasteiger partial charge on any atom is 0.341 e. The fraction of sp³-hybridized carbons (Fsp3) is 0.385. The summed E-state index contributed by atoms with van der Waals surface area (Å²) in [4.78, 5) is 27.3. The molecule has 4 nitrogen and oxygen atoms in total.